The summed E-state index contributed by atoms with van der Waals surface area (Å²) in [4.78, 5) is 30.4. The molecule has 2 aromatic rings. The highest BCUT2D eigenvalue weighted by Gasteiger charge is 2.25. The molecule has 0 radical (unpaired) electrons. The molecule has 0 aliphatic rings. The van der Waals surface area contributed by atoms with Gasteiger partial charge in [0.25, 0.3) is 11.8 Å². The van der Waals surface area contributed by atoms with E-state index >= 15 is 0 Å². The summed E-state index contributed by atoms with van der Waals surface area (Å²) in [6, 6.07) is 6.97. The van der Waals surface area contributed by atoms with Gasteiger partial charge in [-0.2, -0.15) is 4.98 Å². The fourth-order valence-electron chi connectivity index (χ4n) is 1.94. The molecular formula is C15H17N5O4. The van der Waals surface area contributed by atoms with Gasteiger partial charge in [-0.15, -0.1) is 0 Å². The Balaban J connectivity index is 2.22. The van der Waals surface area contributed by atoms with E-state index in [-0.39, 0.29) is 17.8 Å². The van der Waals surface area contributed by atoms with Crippen molar-refractivity contribution in [2.24, 2.45) is 0 Å². The van der Waals surface area contributed by atoms with Crippen molar-refractivity contribution in [3.05, 3.63) is 51.8 Å². The third kappa shape index (κ3) is 3.94. The molecule has 2 N–H and O–H groups in total. The lowest BCUT2D eigenvalue weighted by Crippen LogP contribution is -2.30. The zero-order chi connectivity index (χ0) is 17.7. The molecule has 2 rings (SSSR count). The first kappa shape index (κ1) is 17.1. The minimum absolute atomic E-state index is 0.160. The molecule has 0 saturated carbocycles. The van der Waals surface area contributed by atoms with Gasteiger partial charge in [-0.05, 0) is 32.4 Å². The predicted octanol–water partition coefficient (Wildman–Crippen LogP) is 2.24. The van der Waals surface area contributed by atoms with Crippen molar-refractivity contribution in [3.8, 4) is 5.88 Å². The third-order valence-corrected chi connectivity index (χ3v) is 3.00. The normalized spacial score (nSPS) is 10.3. The smallest absolute Gasteiger partial charge is 0.374 e. The second kappa shape index (κ2) is 7.36. The maximum absolute atomic E-state index is 12.2. The quantitative estimate of drug-likeness (QED) is 0.615. The van der Waals surface area contributed by atoms with Gasteiger partial charge in [0.15, 0.2) is 0 Å². The minimum Gasteiger partial charge on any atom is -0.470 e. The number of hydrogen-bond acceptors (Lipinski definition) is 7. The Morgan fingerprint density at radius 1 is 1.29 bits per heavy atom. The Labute approximate surface area is 138 Å². The highest BCUT2D eigenvalue weighted by atomic mass is 16.6. The van der Waals surface area contributed by atoms with Crippen LogP contribution in [-0.2, 0) is 0 Å². The van der Waals surface area contributed by atoms with Crippen LogP contribution in [0.2, 0.25) is 0 Å². The molecule has 0 fully saturated rings. The second-order valence-corrected chi connectivity index (χ2v) is 5.19. The molecule has 0 atom stereocenters. The summed E-state index contributed by atoms with van der Waals surface area (Å²) in [5.74, 6) is -0.766. The monoisotopic (exact) mass is 331 g/mol. The number of aryl methyl sites for hydroxylation is 1. The maximum Gasteiger partial charge on any atom is 0.374 e. The molecule has 9 nitrogen and oxygen atoms in total. The Bertz CT molecular complexity index is 763. The van der Waals surface area contributed by atoms with Crippen LogP contribution in [0.1, 0.15) is 29.8 Å². The first-order chi connectivity index (χ1) is 11.4. The fraction of sp³-hybridized carbons (Fsp3) is 0.267. The molecule has 24 heavy (non-hydrogen) atoms. The lowest BCUT2D eigenvalue weighted by molar-refractivity contribution is -0.385. The average molecular weight is 331 g/mol. The van der Waals surface area contributed by atoms with Crippen molar-refractivity contribution in [2.75, 3.05) is 5.43 Å². The van der Waals surface area contributed by atoms with E-state index in [9.17, 15) is 14.9 Å². The van der Waals surface area contributed by atoms with E-state index < -0.39 is 16.5 Å². The van der Waals surface area contributed by atoms with Crippen LogP contribution < -0.4 is 15.6 Å². The van der Waals surface area contributed by atoms with Crippen molar-refractivity contribution < 1.29 is 14.5 Å². The van der Waals surface area contributed by atoms with Crippen molar-refractivity contribution in [1.82, 2.24) is 15.4 Å². The summed E-state index contributed by atoms with van der Waals surface area (Å²) in [7, 11) is 0. The van der Waals surface area contributed by atoms with Gasteiger partial charge >= 0.3 is 5.69 Å². The van der Waals surface area contributed by atoms with Crippen LogP contribution in [0, 0.1) is 17.0 Å². The molecule has 1 aromatic carbocycles. The highest BCUT2D eigenvalue weighted by molar-refractivity contribution is 5.96. The summed E-state index contributed by atoms with van der Waals surface area (Å²) in [6.45, 7) is 5.23. The van der Waals surface area contributed by atoms with Gasteiger partial charge < -0.3 is 4.74 Å². The van der Waals surface area contributed by atoms with Crippen LogP contribution in [0.15, 0.2) is 30.6 Å². The lowest BCUT2D eigenvalue weighted by atomic mass is 10.1. The number of aromatic nitrogens is 2. The van der Waals surface area contributed by atoms with Crippen molar-refractivity contribution in [3.63, 3.8) is 0 Å². The van der Waals surface area contributed by atoms with Crippen molar-refractivity contribution in [1.29, 1.82) is 0 Å². The zero-order valence-electron chi connectivity index (χ0n) is 13.4. The van der Waals surface area contributed by atoms with Gasteiger partial charge in [0.2, 0.25) is 5.82 Å². The summed E-state index contributed by atoms with van der Waals surface area (Å²) in [6.07, 6.45) is 0.820. The Kier molecular flexibility index (Phi) is 5.25. The fourth-order valence-corrected chi connectivity index (χ4v) is 1.94. The van der Waals surface area contributed by atoms with E-state index in [0.717, 1.165) is 11.9 Å². The Morgan fingerprint density at radius 2 is 2.00 bits per heavy atom. The number of ether oxygens (including phenoxy) is 1. The van der Waals surface area contributed by atoms with Gasteiger partial charge in [-0.25, -0.2) is 4.98 Å². The first-order valence-corrected chi connectivity index (χ1v) is 7.18. The van der Waals surface area contributed by atoms with Crippen LogP contribution in [0.25, 0.3) is 0 Å². The number of amides is 1. The summed E-state index contributed by atoms with van der Waals surface area (Å²) < 4.78 is 5.31. The Hall–Kier alpha value is -3.23. The number of hydrazine groups is 1. The number of hydrogen-bond donors (Lipinski definition) is 2. The molecule has 0 spiro atoms. The Morgan fingerprint density at radius 3 is 2.62 bits per heavy atom. The number of carbonyl (C=O) groups excluding carboxylic acids is 1. The SMILES string of the molecule is Cc1ccccc1C(=O)NNc1ncnc(OC(C)C)c1[N+](=O)[O-]. The minimum atomic E-state index is -0.667. The maximum atomic E-state index is 12.2. The molecule has 0 saturated heterocycles. The van der Waals surface area contributed by atoms with Gasteiger partial charge in [-0.3, -0.25) is 25.8 Å². The molecule has 0 aliphatic carbocycles. The molecule has 1 aromatic heterocycles. The molecule has 0 bridgehead atoms. The molecular weight excluding hydrogens is 314 g/mol. The first-order valence-electron chi connectivity index (χ1n) is 7.18. The molecule has 1 amide bonds. The van der Waals surface area contributed by atoms with E-state index in [1.165, 1.54) is 0 Å². The van der Waals surface area contributed by atoms with Gasteiger partial charge in [0.1, 0.15) is 6.33 Å². The molecule has 0 unspecified atom stereocenters. The average Bonchev–Trinajstić information content (AvgIpc) is 2.52. The largest absolute Gasteiger partial charge is 0.470 e. The van der Waals surface area contributed by atoms with E-state index in [0.29, 0.717) is 5.56 Å². The number of benzene rings is 1. The van der Waals surface area contributed by atoms with Crippen molar-refractivity contribution >= 4 is 17.4 Å². The van der Waals surface area contributed by atoms with E-state index in [2.05, 4.69) is 20.8 Å². The number of nitro groups is 1. The molecule has 126 valence electrons. The van der Waals surface area contributed by atoms with E-state index in [1.54, 1.807) is 39.0 Å². The van der Waals surface area contributed by atoms with Crippen LogP contribution in [0.3, 0.4) is 0 Å². The number of nitrogens with one attached hydrogen (secondary N) is 2. The van der Waals surface area contributed by atoms with Gasteiger partial charge in [-0.1, -0.05) is 18.2 Å². The summed E-state index contributed by atoms with van der Waals surface area (Å²) in [5.41, 5.74) is 5.63. The van der Waals surface area contributed by atoms with Gasteiger partial charge in [0.05, 0.1) is 11.0 Å². The highest BCUT2D eigenvalue weighted by Crippen LogP contribution is 2.30. The third-order valence-electron chi connectivity index (χ3n) is 3.00. The van der Waals surface area contributed by atoms with Crippen LogP contribution >= 0.6 is 0 Å². The predicted molar refractivity (Wildman–Crippen MR) is 86.7 cm³/mol. The van der Waals surface area contributed by atoms with Crippen LogP contribution in [0.5, 0.6) is 5.88 Å². The van der Waals surface area contributed by atoms with E-state index in [1.807, 2.05) is 6.07 Å². The number of anilines is 1. The summed E-state index contributed by atoms with van der Waals surface area (Å²) >= 11 is 0. The standard InChI is InChI=1S/C15H17N5O4/c1-9(2)24-15-12(20(22)23)13(16-8-17-15)18-19-14(21)11-7-5-4-6-10(11)3/h4-9H,1-3H3,(H,19,21)(H,16,17,18). The molecule has 9 heteroatoms. The molecule has 1 heterocycles. The lowest BCUT2D eigenvalue weighted by Gasteiger charge is -2.12. The topological polar surface area (TPSA) is 119 Å². The van der Waals surface area contributed by atoms with E-state index in [4.69, 9.17) is 4.74 Å². The second-order valence-electron chi connectivity index (χ2n) is 5.19. The number of rotatable bonds is 6. The number of nitrogens with zero attached hydrogens (tertiary/aromatic N) is 3. The van der Waals surface area contributed by atoms with Crippen LogP contribution in [-0.4, -0.2) is 26.9 Å². The number of carbonyl (C=O) groups is 1. The summed E-state index contributed by atoms with van der Waals surface area (Å²) in [5, 5.41) is 11.3. The van der Waals surface area contributed by atoms with Crippen LogP contribution in [0.4, 0.5) is 11.5 Å². The van der Waals surface area contributed by atoms with Gasteiger partial charge in [0, 0.05) is 5.56 Å². The zero-order valence-corrected chi connectivity index (χ0v) is 13.4. The van der Waals surface area contributed by atoms with Crippen molar-refractivity contribution in [2.45, 2.75) is 26.9 Å². The molecule has 0 aliphatic heterocycles.